The first-order valence-corrected chi connectivity index (χ1v) is 6.92. The normalized spacial score (nSPS) is 16.1. The first-order chi connectivity index (χ1) is 8.60. The van der Waals surface area contributed by atoms with E-state index in [0.29, 0.717) is 15.1 Å². The molecule has 1 aliphatic carbocycles. The molecule has 1 saturated carbocycles. The molecule has 18 heavy (non-hydrogen) atoms. The predicted molar refractivity (Wildman–Crippen MR) is 69.9 cm³/mol. The lowest BCUT2D eigenvalue weighted by Crippen LogP contribution is -2.38. The van der Waals surface area contributed by atoms with Crippen LogP contribution in [0.25, 0.3) is 0 Å². The SMILES string of the molecule is COC(=O)C[C@@H](NC(=O)c1ccc(Cl)s1)C1CC1. The second-order valence-corrected chi connectivity index (χ2v) is 6.02. The summed E-state index contributed by atoms with van der Waals surface area (Å²) in [6.45, 7) is 0. The fourth-order valence-corrected chi connectivity index (χ4v) is 2.72. The van der Waals surface area contributed by atoms with Gasteiger partial charge in [-0.3, -0.25) is 9.59 Å². The van der Waals surface area contributed by atoms with Crippen molar-refractivity contribution in [3.63, 3.8) is 0 Å². The molecule has 0 aliphatic heterocycles. The van der Waals surface area contributed by atoms with E-state index in [1.54, 1.807) is 12.1 Å². The average molecular weight is 288 g/mol. The summed E-state index contributed by atoms with van der Waals surface area (Å²) < 4.78 is 5.22. The minimum absolute atomic E-state index is 0.133. The van der Waals surface area contributed by atoms with Crippen LogP contribution in [0, 0.1) is 5.92 Å². The molecule has 0 saturated heterocycles. The second kappa shape index (κ2) is 5.71. The number of rotatable bonds is 5. The van der Waals surface area contributed by atoms with Gasteiger partial charge in [-0.2, -0.15) is 0 Å². The summed E-state index contributed by atoms with van der Waals surface area (Å²) in [6, 6.07) is 3.24. The fraction of sp³-hybridized carbons (Fsp3) is 0.500. The van der Waals surface area contributed by atoms with Gasteiger partial charge in [-0.15, -0.1) is 11.3 Å². The Kier molecular flexibility index (Phi) is 4.24. The Morgan fingerprint density at radius 1 is 1.56 bits per heavy atom. The maximum atomic E-state index is 12.0. The highest BCUT2D eigenvalue weighted by molar-refractivity contribution is 7.17. The zero-order valence-corrected chi connectivity index (χ0v) is 11.5. The van der Waals surface area contributed by atoms with E-state index in [-0.39, 0.29) is 24.3 Å². The molecule has 98 valence electrons. The fourth-order valence-electron chi connectivity index (χ4n) is 1.77. The minimum Gasteiger partial charge on any atom is -0.469 e. The molecular weight excluding hydrogens is 274 g/mol. The largest absolute Gasteiger partial charge is 0.469 e. The molecule has 1 amide bonds. The molecule has 1 heterocycles. The predicted octanol–water partition coefficient (Wildman–Crippen LogP) is 2.47. The van der Waals surface area contributed by atoms with Gasteiger partial charge in [0.15, 0.2) is 0 Å². The molecule has 0 unspecified atom stereocenters. The van der Waals surface area contributed by atoms with Crippen LogP contribution in [0.2, 0.25) is 4.34 Å². The van der Waals surface area contributed by atoms with Crippen LogP contribution in [-0.2, 0) is 9.53 Å². The van der Waals surface area contributed by atoms with Gasteiger partial charge in [0.2, 0.25) is 0 Å². The molecule has 1 fully saturated rings. The third kappa shape index (κ3) is 3.46. The van der Waals surface area contributed by atoms with E-state index >= 15 is 0 Å². The van der Waals surface area contributed by atoms with Crippen molar-refractivity contribution >= 4 is 34.8 Å². The van der Waals surface area contributed by atoms with Crippen LogP contribution in [0.5, 0.6) is 0 Å². The van der Waals surface area contributed by atoms with Crippen molar-refractivity contribution in [2.45, 2.75) is 25.3 Å². The highest BCUT2D eigenvalue weighted by Crippen LogP contribution is 2.34. The number of carbonyl (C=O) groups is 2. The highest BCUT2D eigenvalue weighted by atomic mass is 35.5. The Balaban J connectivity index is 1.96. The summed E-state index contributed by atoms with van der Waals surface area (Å²) >= 11 is 7.02. The zero-order valence-electron chi connectivity index (χ0n) is 9.94. The van der Waals surface area contributed by atoms with Gasteiger partial charge in [0.1, 0.15) is 0 Å². The van der Waals surface area contributed by atoms with E-state index in [9.17, 15) is 9.59 Å². The molecule has 0 spiro atoms. The summed E-state index contributed by atoms with van der Waals surface area (Å²) in [6.07, 6.45) is 2.33. The minimum atomic E-state index is -0.295. The average Bonchev–Trinajstić information content (AvgIpc) is 3.10. The maximum Gasteiger partial charge on any atom is 0.307 e. The molecule has 1 atom stereocenters. The number of hydrogen-bond acceptors (Lipinski definition) is 4. The Bertz CT molecular complexity index is 456. The van der Waals surface area contributed by atoms with Gasteiger partial charge in [-0.1, -0.05) is 11.6 Å². The number of amides is 1. The van der Waals surface area contributed by atoms with Gasteiger partial charge < -0.3 is 10.1 Å². The van der Waals surface area contributed by atoms with Gasteiger partial charge in [0.05, 0.1) is 22.7 Å². The quantitative estimate of drug-likeness (QED) is 0.847. The summed E-state index contributed by atoms with van der Waals surface area (Å²) in [7, 11) is 1.35. The van der Waals surface area contributed by atoms with E-state index in [0.717, 1.165) is 12.8 Å². The van der Waals surface area contributed by atoms with Crippen molar-refractivity contribution in [1.29, 1.82) is 0 Å². The molecule has 0 radical (unpaired) electrons. The van der Waals surface area contributed by atoms with Crippen LogP contribution in [0.1, 0.15) is 28.9 Å². The van der Waals surface area contributed by atoms with Crippen LogP contribution >= 0.6 is 22.9 Å². The van der Waals surface area contributed by atoms with Crippen molar-refractivity contribution in [2.24, 2.45) is 5.92 Å². The standard InChI is InChI=1S/C12H14ClNO3S/c1-17-11(15)6-8(7-2-3-7)14-12(16)9-4-5-10(13)18-9/h4-5,7-8H,2-3,6H2,1H3,(H,14,16)/t8-/m1/s1. The number of esters is 1. The van der Waals surface area contributed by atoms with Gasteiger partial charge in [-0.05, 0) is 30.9 Å². The van der Waals surface area contributed by atoms with Gasteiger partial charge in [-0.25, -0.2) is 0 Å². The Hall–Kier alpha value is -1.07. The summed E-state index contributed by atoms with van der Waals surface area (Å²) in [5.41, 5.74) is 0. The van der Waals surface area contributed by atoms with Crippen LogP contribution < -0.4 is 5.32 Å². The molecule has 2 rings (SSSR count). The molecule has 4 nitrogen and oxygen atoms in total. The molecule has 0 aromatic carbocycles. The first-order valence-electron chi connectivity index (χ1n) is 5.73. The number of halogens is 1. The van der Waals surface area contributed by atoms with E-state index in [1.165, 1.54) is 18.4 Å². The second-order valence-electron chi connectivity index (χ2n) is 4.30. The number of hydrogen-bond donors (Lipinski definition) is 1. The van der Waals surface area contributed by atoms with Gasteiger partial charge in [0, 0.05) is 6.04 Å². The molecular formula is C12H14ClNO3S. The molecule has 1 N–H and O–H groups in total. The molecule has 1 aromatic rings. The van der Waals surface area contributed by atoms with Crippen molar-refractivity contribution in [2.75, 3.05) is 7.11 Å². The van der Waals surface area contributed by atoms with Crippen LogP contribution in [-0.4, -0.2) is 25.0 Å². The third-order valence-corrected chi connectivity index (χ3v) is 4.15. The molecule has 0 bridgehead atoms. The van der Waals surface area contributed by atoms with Crippen LogP contribution in [0.15, 0.2) is 12.1 Å². The van der Waals surface area contributed by atoms with Crippen molar-refractivity contribution in [3.8, 4) is 0 Å². The van der Waals surface area contributed by atoms with Crippen LogP contribution in [0.3, 0.4) is 0 Å². The van der Waals surface area contributed by atoms with Gasteiger partial charge in [0.25, 0.3) is 5.91 Å². The molecule has 6 heteroatoms. The summed E-state index contributed by atoms with van der Waals surface area (Å²) in [5.74, 6) is -0.0763. The van der Waals surface area contributed by atoms with Crippen LogP contribution in [0.4, 0.5) is 0 Å². The Labute approximate surface area is 114 Å². The Morgan fingerprint density at radius 3 is 2.78 bits per heavy atom. The smallest absolute Gasteiger partial charge is 0.307 e. The number of methoxy groups -OCH3 is 1. The number of carbonyl (C=O) groups excluding carboxylic acids is 2. The van der Waals surface area contributed by atoms with Gasteiger partial charge >= 0.3 is 5.97 Å². The zero-order chi connectivity index (χ0) is 13.1. The van der Waals surface area contributed by atoms with E-state index < -0.39 is 0 Å². The van der Waals surface area contributed by atoms with Crippen molar-refractivity contribution in [1.82, 2.24) is 5.32 Å². The first kappa shape index (κ1) is 13.4. The monoisotopic (exact) mass is 287 g/mol. The number of thiophene rings is 1. The summed E-state index contributed by atoms with van der Waals surface area (Å²) in [5, 5.41) is 2.89. The summed E-state index contributed by atoms with van der Waals surface area (Å²) in [4.78, 5) is 23.8. The number of ether oxygens (including phenoxy) is 1. The maximum absolute atomic E-state index is 12.0. The van der Waals surface area contributed by atoms with E-state index in [4.69, 9.17) is 11.6 Å². The molecule has 1 aromatic heterocycles. The topological polar surface area (TPSA) is 55.4 Å². The van der Waals surface area contributed by atoms with Crippen molar-refractivity contribution in [3.05, 3.63) is 21.3 Å². The van der Waals surface area contributed by atoms with Crippen molar-refractivity contribution < 1.29 is 14.3 Å². The number of nitrogens with one attached hydrogen (secondary N) is 1. The lowest BCUT2D eigenvalue weighted by molar-refractivity contribution is -0.141. The molecule has 1 aliphatic rings. The Morgan fingerprint density at radius 2 is 2.28 bits per heavy atom. The third-order valence-electron chi connectivity index (χ3n) is 2.92. The lowest BCUT2D eigenvalue weighted by atomic mass is 10.1. The van der Waals surface area contributed by atoms with E-state index in [2.05, 4.69) is 10.1 Å². The highest BCUT2D eigenvalue weighted by Gasteiger charge is 2.34. The van der Waals surface area contributed by atoms with E-state index in [1.807, 2.05) is 0 Å². The lowest BCUT2D eigenvalue weighted by Gasteiger charge is -2.16.